The minimum absolute atomic E-state index is 0.106. The highest BCUT2D eigenvalue weighted by molar-refractivity contribution is 5.98. The van der Waals surface area contributed by atoms with Crippen LogP contribution >= 0.6 is 0 Å². The van der Waals surface area contributed by atoms with Gasteiger partial charge in [0.15, 0.2) is 0 Å². The Morgan fingerprint density at radius 1 is 1.33 bits per heavy atom. The van der Waals surface area contributed by atoms with Gasteiger partial charge in [-0.2, -0.15) is 0 Å². The van der Waals surface area contributed by atoms with Crippen molar-refractivity contribution in [2.45, 2.75) is 6.92 Å². The molecule has 1 aromatic rings. The third kappa shape index (κ3) is 3.65. The Balaban J connectivity index is 2.74. The van der Waals surface area contributed by atoms with Gasteiger partial charge in [-0.25, -0.2) is 4.79 Å². The van der Waals surface area contributed by atoms with E-state index in [1.165, 1.54) is 14.0 Å². The van der Waals surface area contributed by atoms with E-state index in [2.05, 4.69) is 15.4 Å². The first kappa shape index (κ1) is 13.8. The van der Waals surface area contributed by atoms with Crippen LogP contribution in [-0.2, 0) is 9.53 Å². The van der Waals surface area contributed by atoms with Crippen LogP contribution < -0.4 is 16.4 Å². The number of hydrogen-bond acceptors (Lipinski definition) is 5. The molecule has 0 aliphatic carbocycles. The average molecular weight is 251 g/mol. The summed E-state index contributed by atoms with van der Waals surface area (Å²) in [6.45, 7) is 2.36. The maximum atomic E-state index is 11.5. The molecule has 6 nitrogen and oxygen atoms in total. The highest BCUT2D eigenvalue weighted by Gasteiger charge is 2.13. The van der Waals surface area contributed by atoms with Crippen molar-refractivity contribution in [3.05, 3.63) is 23.8 Å². The summed E-state index contributed by atoms with van der Waals surface area (Å²) in [6, 6.07) is 5.00. The Labute approximate surface area is 105 Å². The van der Waals surface area contributed by atoms with E-state index in [-0.39, 0.29) is 5.91 Å². The van der Waals surface area contributed by atoms with E-state index in [1.807, 2.05) is 0 Å². The molecule has 6 heteroatoms. The van der Waals surface area contributed by atoms with E-state index in [9.17, 15) is 9.59 Å². The number of nitrogens with one attached hydrogen (secondary N) is 2. The van der Waals surface area contributed by atoms with Crippen molar-refractivity contribution < 1.29 is 14.3 Å². The van der Waals surface area contributed by atoms with Gasteiger partial charge in [-0.15, -0.1) is 0 Å². The predicted octanol–water partition coefficient (Wildman–Crippen LogP) is 0.603. The summed E-state index contributed by atoms with van der Waals surface area (Å²) in [7, 11) is 1.31. The van der Waals surface area contributed by atoms with Gasteiger partial charge in [-0.1, -0.05) is 6.07 Å². The van der Waals surface area contributed by atoms with E-state index in [0.717, 1.165) is 0 Å². The molecule has 98 valence electrons. The Morgan fingerprint density at radius 3 is 2.67 bits per heavy atom. The fraction of sp³-hybridized carbons (Fsp3) is 0.333. The Hall–Kier alpha value is -2.24. The van der Waals surface area contributed by atoms with Gasteiger partial charge in [0.25, 0.3) is 0 Å². The quantitative estimate of drug-likeness (QED) is 0.405. The van der Waals surface area contributed by atoms with E-state index in [0.29, 0.717) is 30.0 Å². The fourth-order valence-corrected chi connectivity index (χ4v) is 1.47. The number of benzene rings is 1. The van der Waals surface area contributed by atoms with Gasteiger partial charge in [-0.3, -0.25) is 4.79 Å². The van der Waals surface area contributed by atoms with Crippen LogP contribution in [0.5, 0.6) is 0 Å². The van der Waals surface area contributed by atoms with Crippen molar-refractivity contribution in [1.82, 2.24) is 5.32 Å². The summed E-state index contributed by atoms with van der Waals surface area (Å²) in [4.78, 5) is 22.2. The van der Waals surface area contributed by atoms with Gasteiger partial charge in [0, 0.05) is 20.0 Å². The lowest BCUT2D eigenvalue weighted by molar-refractivity contribution is -0.118. The fourth-order valence-electron chi connectivity index (χ4n) is 1.47. The monoisotopic (exact) mass is 251 g/mol. The van der Waals surface area contributed by atoms with Gasteiger partial charge in [0.2, 0.25) is 5.91 Å². The van der Waals surface area contributed by atoms with Crippen molar-refractivity contribution in [2.24, 2.45) is 0 Å². The normalized spacial score (nSPS) is 9.67. The minimum atomic E-state index is -0.454. The topological polar surface area (TPSA) is 93.4 Å². The molecule has 0 saturated heterocycles. The summed E-state index contributed by atoms with van der Waals surface area (Å²) in [6.07, 6.45) is 0. The summed E-state index contributed by atoms with van der Waals surface area (Å²) in [5, 5.41) is 5.65. The summed E-state index contributed by atoms with van der Waals surface area (Å²) in [5.74, 6) is -0.560. The first-order valence-corrected chi connectivity index (χ1v) is 5.51. The van der Waals surface area contributed by atoms with Crippen molar-refractivity contribution in [3.63, 3.8) is 0 Å². The molecule has 0 heterocycles. The molecule has 0 atom stereocenters. The van der Waals surface area contributed by atoms with Crippen LogP contribution in [0.3, 0.4) is 0 Å². The summed E-state index contributed by atoms with van der Waals surface area (Å²) in [5.41, 5.74) is 7.16. The highest BCUT2D eigenvalue weighted by Crippen LogP contribution is 2.23. The zero-order valence-corrected chi connectivity index (χ0v) is 10.4. The van der Waals surface area contributed by atoms with Crippen molar-refractivity contribution in [3.8, 4) is 0 Å². The molecule has 0 fully saturated rings. The first-order valence-electron chi connectivity index (χ1n) is 5.51. The predicted molar refractivity (Wildman–Crippen MR) is 69.4 cm³/mol. The molecular formula is C12H17N3O3. The van der Waals surface area contributed by atoms with Gasteiger partial charge in [-0.05, 0) is 12.1 Å². The van der Waals surface area contributed by atoms with Crippen molar-refractivity contribution in [2.75, 3.05) is 31.2 Å². The number of carbonyl (C=O) groups excluding carboxylic acids is 2. The van der Waals surface area contributed by atoms with Crippen LogP contribution in [0.25, 0.3) is 0 Å². The molecule has 0 aliphatic heterocycles. The zero-order chi connectivity index (χ0) is 13.5. The molecule has 0 spiro atoms. The highest BCUT2D eigenvalue weighted by atomic mass is 16.5. The van der Waals surface area contributed by atoms with Crippen LogP contribution in [0.1, 0.15) is 17.3 Å². The second-order valence-corrected chi connectivity index (χ2v) is 3.67. The Kier molecular flexibility index (Phi) is 4.98. The molecule has 1 aromatic carbocycles. The maximum absolute atomic E-state index is 11.5. The lowest BCUT2D eigenvalue weighted by atomic mass is 10.1. The van der Waals surface area contributed by atoms with Crippen LogP contribution in [0.15, 0.2) is 18.2 Å². The van der Waals surface area contributed by atoms with Crippen LogP contribution in [0.2, 0.25) is 0 Å². The lowest BCUT2D eigenvalue weighted by Crippen LogP contribution is -2.27. The number of esters is 1. The Bertz CT molecular complexity index is 446. The standard InChI is InChI=1S/C12H17N3O3/c1-8(16)14-6-7-15-11-9(12(17)18-2)4-3-5-10(11)13/h3-5,15H,6-7,13H2,1-2H3,(H,14,16). The zero-order valence-electron chi connectivity index (χ0n) is 10.4. The molecule has 0 radical (unpaired) electrons. The van der Waals surface area contributed by atoms with E-state index >= 15 is 0 Å². The third-order valence-electron chi connectivity index (χ3n) is 2.30. The van der Waals surface area contributed by atoms with Crippen LogP contribution in [0, 0.1) is 0 Å². The molecule has 0 saturated carbocycles. The third-order valence-corrected chi connectivity index (χ3v) is 2.30. The first-order chi connectivity index (χ1) is 8.56. The second-order valence-electron chi connectivity index (χ2n) is 3.67. The summed E-state index contributed by atoms with van der Waals surface area (Å²) < 4.78 is 4.67. The summed E-state index contributed by atoms with van der Waals surface area (Å²) >= 11 is 0. The number of hydrogen-bond donors (Lipinski definition) is 3. The molecule has 1 amide bonds. The largest absolute Gasteiger partial charge is 0.465 e. The molecule has 18 heavy (non-hydrogen) atoms. The molecule has 4 N–H and O–H groups in total. The molecule has 0 aliphatic rings. The molecular weight excluding hydrogens is 234 g/mol. The lowest BCUT2D eigenvalue weighted by Gasteiger charge is -2.13. The van der Waals surface area contributed by atoms with E-state index < -0.39 is 5.97 Å². The number of amides is 1. The van der Waals surface area contributed by atoms with E-state index in [4.69, 9.17) is 5.73 Å². The minimum Gasteiger partial charge on any atom is -0.465 e. The molecule has 0 unspecified atom stereocenters. The second kappa shape index (κ2) is 6.48. The van der Waals surface area contributed by atoms with Gasteiger partial charge in [0.1, 0.15) is 0 Å². The molecule has 0 bridgehead atoms. The number of carbonyl (C=O) groups is 2. The number of anilines is 2. The number of nitrogen functional groups attached to an aromatic ring is 1. The number of methoxy groups -OCH3 is 1. The molecule has 0 aromatic heterocycles. The van der Waals surface area contributed by atoms with Crippen LogP contribution in [-0.4, -0.2) is 32.1 Å². The number of ether oxygens (including phenoxy) is 1. The van der Waals surface area contributed by atoms with Crippen LogP contribution in [0.4, 0.5) is 11.4 Å². The van der Waals surface area contributed by atoms with Gasteiger partial charge in [0.05, 0.1) is 24.0 Å². The SMILES string of the molecule is COC(=O)c1cccc(N)c1NCCNC(C)=O. The average Bonchev–Trinajstić information content (AvgIpc) is 2.34. The van der Waals surface area contributed by atoms with Crippen molar-refractivity contribution in [1.29, 1.82) is 0 Å². The smallest absolute Gasteiger partial charge is 0.340 e. The van der Waals surface area contributed by atoms with Crippen molar-refractivity contribution >= 4 is 23.3 Å². The number of para-hydroxylation sites is 1. The van der Waals surface area contributed by atoms with Gasteiger partial charge >= 0.3 is 5.97 Å². The van der Waals surface area contributed by atoms with E-state index in [1.54, 1.807) is 18.2 Å². The molecule has 1 rings (SSSR count). The number of nitrogens with two attached hydrogens (primary N) is 1. The number of rotatable bonds is 5. The van der Waals surface area contributed by atoms with Gasteiger partial charge < -0.3 is 21.1 Å². The maximum Gasteiger partial charge on any atom is 0.340 e. The Morgan fingerprint density at radius 2 is 2.06 bits per heavy atom.